The van der Waals surface area contributed by atoms with Gasteiger partial charge in [0.25, 0.3) is 5.91 Å². The molecule has 136 valence electrons. The van der Waals surface area contributed by atoms with Crippen LogP contribution in [-0.4, -0.2) is 38.9 Å². The monoisotopic (exact) mass is 368 g/mol. The molecule has 6 heteroatoms. The first kappa shape index (κ1) is 18.5. The molecule has 0 unspecified atom stereocenters. The summed E-state index contributed by atoms with van der Waals surface area (Å²) < 4.78 is 1.86. The Hall–Kier alpha value is -2.34. The van der Waals surface area contributed by atoms with E-state index in [9.17, 15) is 4.79 Å². The van der Waals surface area contributed by atoms with Crippen molar-refractivity contribution < 1.29 is 4.79 Å². The van der Waals surface area contributed by atoms with E-state index in [0.717, 1.165) is 22.3 Å². The number of hydrogen-bond acceptors (Lipinski definition) is 4. The summed E-state index contributed by atoms with van der Waals surface area (Å²) in [5, 5.41) is 5.23. The zero-order valence-electron chi connectivity index (χ0n) is 15.9. The molecule has 1 aromatic carbocycles. The molecule has 0 N–H and O–H groups in total. The van der Waals surface area contributed by atoms with Gasteiger partial charge in [0.05, 0.1) is 17.1 Å². The number of carbonyl (C=O) groups excluding carboxylic acids is 1. The van der Waals surface area contributed by atoms with E-state index in [2.05, 4.69) is 54.5 Å². The first-order valence-electron chi connectivity index (χ1n) is 8.64. The molecule has 3 aromatic rings. The molecule has 3 rings (SSSR count). The minimum absolute atomic E-state index is 0.0160. The van der Waals surface area contributed by atoms with Crippen LogP contribution in [0.1, 0.15) is 41.5 Å². The molecule has 26 heavy (non-hydrogen) atoms. The normalized spacial score (nSPS) is 11.3. The summed E-state index contributed by atoms with van der Waals surface area (Å²) in [5.74, 6) is -0.0160. The third-order valence-electron chi connectivity index (χ3n) is 4.34. The van der Waals surface area contributed by atoms with Gasteiger partial charge in [-0.05, 0) is 50.8 Å². The summed E-state index contributed by atoms with van der Waals surface area (Å²) in [5.41, 5.74) is 3.35. The number of amides is 1. The molecule has 0 aliphatic heterocycles. The van der Waals surface area contributed by atoms with Crippen molar-refractivity contribution in [3.63, 3.8) is 0 Å². The van der Waals surface area contributed by atoms with Crippen LogP contribution in [0.4, 0.5) is 0 Å². The number of carbonyl (C=O) groups is 1. The van der Waals surface area contributed by atoms with Crippen molar-refractivity contribution in [2.45, 2.75) is 38.3 Å². The van der Waals surface area contributed by atoms with Gasteiger partial charge >= 0.3 is 0 Å². The summed E-state index contributed by atoms with van der Waals surface area (Å²) in [6, 6.07) is 10.3. The van der Waals surface area contributed by atoms with Crippen molar-refractivity contribution in [1.82, 2.24) is 19.7 Å². The maximum atomic E-state index is 13.1. The number of fused-ring (bicyclic) bond motifs is 1. The number of aryl methyl sites for hydroxylation is 1. The van der Waals surface area contributed by atoms with Crippen molar-refractivity contribution in [3.05, 3.63) is 53.3 Å². The minimum atomic E-state index is -0.0160. The fourth-order valence-corrected chi connectivity index (χ4v) is 3.39. The number of nitrogens with zero attached hydrogens (tertiary/aromatic N) is 4. The predicted molar refractivity (Wildman–Crippen MR) is 107 cm³/mol. The molecule has 0 fully saturated rings. The number of rotatable bonds is 5. The van der Waals surface area contributed by atoms with Gasteiger partial charge in [-0.1, -0.05) is 12.1 Å². The lowest BCUT2D eigenvalue weighted by atomic mass is 10.1. The van der Waals surface area contributed by atoms with Crippen LogP contribution in [0.2, 0.25) is 0 Å². The highest BCUT2D eigenvalue weighted by molar-refractivity contribution is 7.98. The second-order valence-corrected chi connectivity index (χ2v) is 7.62. The van der Waals surface area contributed by atoms with Crippen LogP contribution in [0.3, 0.4) is 0 Å². The highest BCUT2D eigenvalue weighted by Crippen LogP contribution is 2.23. The molecule has 1 amide bonds. The van der Waals surface area contributed by atoms with Crippen LogP contribution < -0.4 is 0 Å². The Bertz CT molecular complexity index is 931. The molecule has 0 atom stereocenters. The molecule has 0 spiro atoms. The second kappa shape index (κ2) is 7.50. The van der Waals surface area contributed by atoms with Crippen molar-refractivity contribution in [2.75, 3.05) is 13.3 Å². The Morgan fingerprint density at radius 2 is 1.96 bits per heavy atom. The Morgan fingerprint density at radius 3 is 2.58 bits per heavy atom. The Balaban J connectivity index is 1.91. The molecule has 0 bridgehead atoms. The van der Waals surface area contributed by atoms with Gasteiger partial charge < -0.3 is 4.90 Å². The molecule has 0 saturated carbocycles. The Morgan fingerprint density at radius 1 is 1.27 bits per heavy atom. The fraction of sp³-hybridized carbons (Fsp3) is 0.350. The number of thioether (sulfide) groups is 1. The van der Waals surface area contributed by atoms with Crippen LogP contribution in [0.25, 0.3) is 11.0 Å². The standard InChI is InChI=1S/C20H24N4OS/c1-13(2)24-19-18(11-21-24)17(10-14(3)22-19)20(25)23(4)12-15-6-8-16(26-5)9-7-15/h6-11,13H,12H2,1-5H3. The van der Waals surface area contributed by atoms with Gasteiger partial charge in [0.1, 0.15) is 0 Å². The van der Waals surface area contributed by atoms with Gasteiger partial charge in [0, 0.05) is 30.2 Å². The van der Waals surface area contributed by atoms with Gasteiger partial charge in [-0.2, -0.15) is 5.10 Å². The van der Waals surface area contributed by atoms with Gasteiger partial charge in [-0.3, -0.25) is 4.79 Å². The SMILES string of the molecule is CSc1ccc(CN(C)C(=O)c2cc(C)nc3c2cnn3C(C)C)cc1. The molecular weight excluding hydrogens is 344 g/mol. The second-order valence-electron chi connectivity index (χ2n) is 6.74. The average Bonchev–Trinajstić information content (AvgIpc) is 3.04. The van der Waals surface area contributed by atoms with E-state index in [1.54, 1.807) is 22.9 Å². The molecule has 0 aliphatic rings. The lowest BCUT2D eigenvalue weighted by Gasteiger charge is -2.18. The Kier molecular flexibility index (Phi) is 5.32. The van der Waals surface area contributed by atoms with E-state index in [4.69, 9.17) is 0 Å². The van der Waals surface area contributed by atoms with Crippen molar-refractivity contribution in [1.29, 1.82) is 0 Å². The molecular formula is C20H24N4OS. The van der Waals surface area contributed by atoms with Gasteiger partial charge in [0.15, 0.2) is 5.65 Å². The van der Waals surface area contributed by atoms with Crippen LogP contribution in [-0.2, 0) is 6.54 Å². The highest BCUT2D eigenvalue weighted by Gasteiger charge is 2.19. The predicted octanol–water partition coefficient (Wildman–Crippen LogP) is 4.31. The highest BCUT2D eigenvalue weighted by atomic mass is 32.2. The van der Waals surface area contributed by atoms with Crippen LogP contribution >= 0.6 is 11.8 Å². The zero-order valence-corrected chi connectivity index (χ0v) is 16.7. The number of pyridine rings is 1. The van der Waals surface area contributed by atoms with Gasteiger partial charge in [-0.25, -0.2) is 9.67 Å². The summed E-state index contributed by atoms with van der Waals surface area (Å²) in [4.78, 5) is 20.6. The molecule has 0 saturated heterocycles. The minimum Gasteiger partial charge on any atom is -0.337 e. The lowest BCUT2D eigenvalue weighted by molar-refractivity contribution is 0.0787. The molecule has 5 nitrogen and oxygen atoms in total. The maximum absolute atomic E-state index is 13.1. The van der Waals surface area contributed by atoms with Crippen molar-refractivity contribution in [3.8, 4) is 0 Å². The van der Waals surface area contributed by atoms with E-state index in [1.165, 1.54) is 4.90 Å². The third kappa shape index (κ3) is 3.60. The van der Waals surface area contributed by atoms with Crippen LogP contribution in [0, 0.1) is 6.92 Å². The summed E-state index contributed by atoms with van der Waals surface area (Å²) in [6.45, 7) is 6.59. The summed E-state index contributed by atoms with van der Waals surface area (Å²) in [6.07, 6.45) is 3.80. The smallest absolute Gasteiger partial charge is 0.254 e. The Labute approximate surface area is 158 Å². The van der Waals surface area contributed by atoms with Crippen LogP contribution in [0.5, 0.6) is 0 Å². The molecule has 0 radical (unpaired) electrons. The summed E-state index contributed by atoms with van der Waals surface area (Å²) in [7, 11) is 1.83. The van der Waals surface area contributed by atoms with Gasteiger partial charge in [0.2, 0.25) is 0 Å². The summed E-state index contributed by atoms with van der Waals surface area (Å²) >= 11 is 1.71. The van der Waals surface area contributed by atoms with E-state index in [0.29, 0.717) is 12.1 Å². The fourth-order valence-electron chi connectivity index (χ4n) is 2.98. The number of aromatic nitrogens is 3. The largest absolute Gasteiger partial charge is 0.337 e. The maximum Gasteiger partial charge on any atom is 0.254 e. The number of hydrogen-bond donors (Lipinski definition) is 0. The first-order chi connectivity index (χ1) is 12.4. The molecule has 2 heterocycles. The first-order valence-corrected chi connectivity index (χ1v) is 9.86. The van der Waals surface area contributed by atoms with Crippen LogP contribution in [0.15, 0.2) is 41.4 Å². The van der Waals surface area contributed by atoms with Gasteiger partial charge in [-0.15, -0.1) is 11.8 Å². The van der Waals surface area contributed by atoms with Crippen molar-refractivity contribution in [2.24, 2.45) is 0 Å². The molecule has 0 aliphatic carbocycles. The van der Waals surface area contributed by atoms with E-state index in [1.807, 2.05) is 24.7 Å². The topological polar surface area (TPSA) is 51.0 Å². The molecule has 2 aromatic heterocycles. The number of benzene rings is 1. The average molecular weight is 369 g/mol. The van der Waals surface area contributed by atoms with E-state index in [-0.39, 0.29) is 11.9 Å². The van der Waals surface area contributed by atoms with E-state index >= 15 is 0 Å². The van der Waals surface area contributed by atoms with Crippen molar-refractivity contribution >= 4 is 28.7 Å². The lowest BCUT2D eigenvalue weighted by Crippen LogP contribution is -2.26. The third-order valence-corrected chi connectivity index (χ3v) is 5.08. The zero-order chi connectivity index (χ0) is 18.8. The van der Waals surface area contributed by atoms with E-state index < -0.39 is 0 Å². The quantitative estimate of drug-likeness (QED) is 0.630.